The SMILES string of the molecule is Cc1cc(C(=O)N/N=C(\CCC(=O)O)c2ccccc2)n[nH]1. The van der Waals surface area contributed by atoms with E-state index in [0.29, 0.717) is 5.71 Å². The maximum absolute atomic E-state index is 11.9. The van der Waals surface area contributed by atoms with Gasteiger partial charge in [0, 0.05) is 12.1 Å². The van der Waals surface area contributed by atoms with Gasteiger partial charge in [-0.3, -0.25) is 14.7 Å². The number of hydrogen-bond acceptors (Lipinski definition) is 4. The molecule has 0 saturated carbocycles. The number of H-pyrrole nitrogens is 1. The molecule has 0 unspecified atom stereocenters. The van der Waals surface area contributed by atoms with Gasteiger partial charge < -0.3 is 5.11 Å². The molecule has 1 heterocycles. The van der Waals surface area contributed by atoms with Crippen LogP contribution >= 0.6 is 0 Å². The van der Waals surface area contributed by atoms with Crippen LogP contribution in [0.2, 0.25) is 0 Å². The number of aromatic nitrogens is 2. The molecule has 7 nitrogen and oxygen atoms in total. The second-order valence-electron chi connectivity index (χ2n) is 4.70. The lowest BCUT2D eigenvalue weighted by Gasteiger charge is -2.05. The predicted octanol–water partition coefficient (Wildman–Crippen LogP) is 1.72. The third kappa shape index (κ3) is 4.27. The number of aliphatic carboxylic acids is 1. The summed E-state index contributed by atoms with van der Waals surface area (Å²) in [6.07, 6.45) is 0.157. The lowest BCUT2D eigenvalue weighted by atomic mass is 10.1. The Kier molecular flexibility index (Phi) is 5.02. The fourth-order valence-electron chi connectivity index (χ4n) is 1.83. The molecule has 0 fully saturated rings. The van der Waals surface area contributed by atoms with Crippen LogP contribution in [0.15, 0.2) is 41.5 Å². The van der Waals surface area contributed by atoms with Crippen LogP contribution in [0.3, 0.4) is 0 Å². The molecule has 0 bridgehead atoms. The Labute approximate surface area is 127 Å². The molecule has 1 aromatic carbocycles. The van der Waals surface area contributed by atoms with Gasteiger partial charge in [-0.05, 0) is 18.6 Å². The van der Waals surface area contributed by atoms with Gasteiger partial charge in [-0.2, -0.15) is 10.2 Å². The van der Waals surface area contributed by atoms with Crippen molar-refractivity contribution in [3.63, 3.8) is 0 Å². The van der Waals surface area contributed by atoms with E-state index in [1.54, 1.807) is 13.0 Å². The second-order valence-corrected chi connectivity index (χ2v) is 4.70. The highest BCUT2D eigenvalue weighted by atomic mass is 16.4. The molecule has 0 atom stereocenters. The first-order chi connectivity index (χ1) is 10.6. The minimum atomic E-state index is -0.919. The summed E-state index contributed by atoms with van der Waals surface area (Å²) in [5, 5.41) is 19.4. The van der Waals surface area contributed by atoms with Gasteiger partial charge in [0.25, 0.3) is 5.91 Å². The van der Waals surface area contributed by atoms with E-state index >= 15 is 0 Å². The maximum atomic E-state index is 11.9. The average Bonchev–Trinajstić information content (AvgIpc) is 2.94. The van der Waals surface area contributed by atoms with Crippen LogP contribution in [0.4, 0.5) is 0 Å². The highest BCUT2D eigenvalue weighted by molar-refractivity contribution is 6.02. The molecule has 114 valence electrons. The van der Waals surface area contributed by atoms with Gasteiger partial charge in [-0.15, -0.1) is 0 Å². The molecular weight excluding hydrogens is 284 g/mol. The van der Waals surface area contributed by atoms with Gasteiger partial charge in [-0.1, -0.05) is 30.3 Å². The molecule has 0 aliphatic rings. The number of aromatic amines is 1. The van der Waals surface area contributed by atoms with Crippen LogP contribution < -0.4 is 5.43 Å². The van der Waals surface area contributed by atoms with Crippen LogP contribution in [0.5, 0.6) is 0 Å². The second kappa shape index (κ2) is 7.16. The third-order valence-corrected chi connectivity index (χ3v) is 2.91. The minimum absolute atomic E-state index is 0.0644. The van der Waals surface area contributed by atoms with E-state index in [4.69, 9.17) is 5.11 Å². The number of hydrazone groups is 1. The summed E-state index contributed by atoms with van der Waals surface area (Å²) in [6.45, 7) is 1.79. The average molecular weight is 300 g/mol. The lowest BCUT2D eigenvalue weighted by molar-refractivity contribution is -0.136. The van der Waals surface area contributed by atoms with Gasteiger partial charge in [0.1, 0.15) is 0 Å². The zero-order valence-electron chi connectivity index (χ0n) is 12.0. The Morgan fingerprint density at radius 2 is 2.00 bits per heavy atom. The standard InChI is InChI=1S/C15H16N4O3/c1-10-9-13(18-16-10)15(22)19-17-12(7-8-14(20)21)11-5-3-2-4-6-11/h2-6,9H,7-8H2,1H3,(H,16,18)(H,19,22)(H,20,21)/b17-12+. The Morgan fingerprint density at radius 1 is 1.27 bits per heavy atom. The number of carbonyl (C=O) groups is 2. The lowest BCUT2D eigenvalue weighted by Crippen LogP contribution is -2.21. The predicted molar refractivity (Wildman–Crippen MR) is 80.6 cm³/mol. The summed E-state index contributed by atoms with van der Waals surface area (Å²) in [7, 11) is 0. The first kappa shape index (κ1) is 15.4. The number of carboxylic acids is 1. The molecule has 0 saturated heterocycles. The molecule has 2 aromatic rings. The first-order valence-electron chi connectivity index (χ1n) is 6.72. The summed E-state index contributed by atoms with van der Waals surface area (Å²) in [4.78, 5) is 22.7. The summed E-state index contributed by atoms with van der Waals surface area (Å²) in [5.41, 5.74) is 4.67. The van der Waals surface area contributed by atoms with Crippen molar-refractivity contribution in [1.82, 2.24) is 15.6 Å². The van der Waals surface area contributed by atoms with E-state index in [2.05, 4.69) is 20.7 Å². The van der Waals surface area contributed by atoms with Crippen molar-refractivity contribution in [3.05, 3.63) is 53.3 Å². The van der Waals surface area contributed by atoms with E-state index in [1.165, 1.54) is 0 Å². The Hall–Kier alpha value is -2.96. The normalized spacial score (nSPS) is 11.2. The monoisotopic (exact) mass is 300 g/mol. The van der Waals surface area contributed by atoms with Crippen molar-refractivity contribution in [2.24, 2.45) is 5.10 Å². The highest BCUT2D eigenvalue weighted by Crippen LogP contribution is 2.07. The van der Waals surface area contributed by atoms with Crippen molar-refractivity contribution in [2.45, 2.75) is 19.8 Å². The topological polar surface area (TPSA) is 107 Å². The smallest absolute Gasteiger partial charge is 0.303 e. The fourth-order valence-corrected chi connectivity index (χ4v) is 1.83. The Balaban J connectivity index is 2.13. The molecule has 0 aliphatic heterocycles. The largest absolute Gasteiger partial charge is 0.481 e. The number of carboxylic acid groups (broad SMARTS) is 1. The number of amides is 1. The van der Waals surface area contributed by atoms with Crippen molar-refractivity contribution >= 4 is 17.6 Å². The molecule has 1 aromatic heterocycles. The van der Waals surface area contributed by atoms with E-state index in [1.807, 2.05) is 30.3 Å². The molecular formula is C15H16N4O3. The quantitative estimate of drug-likeness (QED) is 0.557. The number of carbonyl (C=O) groups excluding carboxylic acids is 1. The van der Waals surface area contributed by atoms with Crippen LogP contribution in [0.1, 0.15) is 34.6 Å². The van der Waals surface area contributed by atoms with Gasteiger partial charge in [0.2, 0.25) is 0 Å². The molecule has 3 N–H and O–H groups in total. The summed E-state index contributed by atoms with van der Waals surface area (Å²) >= 11 is 0. The number of hydrogen-bond donors (Lipinski definition) is 3. The van der Waals surface area contributed by atoms with Gasteiger partial charge >= 0.3 is 5.97 Å². The minimum Gasteiger partial charge on any atom is -0.481 e. The summed E-state index contributed by atoms with van der Waals surface area (Å²) < 4.78 is 0. The van der Waals surface area contributed by atoms with Crippen molar-refractivity contribution in [1.29, 1.82) is 0 Å². The molecule has 1 amide bonds. The third-order valence-electron chi connectivity index (χ3n) is 2.91. The highest BCUT2D eigenvalue weighted by Gasteiger charge is 2.11. The first-order valence-corrected chi connectivity index (χ1v) is 6.72. The molecule has 22 heavy (non-hydrogen) atoms. The Morgan fingerprint density at radius 3 is 2.59 bits per heavy atom. The fraction of sp³-hybridized carbons (Fsp3) is 0.200. The van der Waals surface area contributed by atoms with Crippen LogP contribution in [-0.2, 0) is 4.79 Å². The van der Waals surface area contributed by atoms with Crippen LogP contribution in [0, 0.1) is 6.92 Å². The molecule has 7 heteroatoms. The number of nitrogens with zero attached hydrogens (tertiary/aromatic N) is 2. The summed E-state index contributed by atoms with van der Waals surface area (Å²) in [6, 6.07) is 10.7. The molecule has 0 aliphatic carbocycles. The maximum Gasteiger partial charge on any atom is 0.303 e. The molecule has 0 radical (unpaired) electrons. The Bertz CT molecular complexity index is 692. The number of aryl methyl sites for hydroxylation is 1. The number of nitrogens with one attached hydrogen (secondary N) is 2. The zero-order chi connectivity index (χ0) is 15.9. The molecule has 2 rings (SSSR count). The van der Waals surface area contributed by atoms with Gasteiger partial charge in [0.15, 0.2) is 5.69 Å². The van der Waals surface area contributed by atoms with Crippen LogP contribution in [-0.4, -0.2) is 32.9 Å². The van der Waals surface area contributed by atoms with Crippen molar-refractivity contribution in [3.8, 4) is 0 Å². The van der Waals surface area contributed by atoms with Crippen molar-refractivity contribution < 1.29 is 14.7 Å². The number of benzene rings is 1. The summed E-state index contributed by atoms with van der Waals surface area (Å²) in [5.74, 6) is -1.37. The van der Waals surface area contributed by atoms with E-state index in [9.17, 15) is 9.59 Å². The van der Waals surface area contributed by atoms with Gasteiger partial charge in [0.05, 0.1) is 12.1 Å². The van der Waals surface area contributed by atoms with Crippen molar-refractivity contribution in [2.75, 3.05) is 0 Å². The van der Waals surface area contributed by atoms with Gasteiger partial charge in [-0.25, -0.2) is 5.43 Å². The van der Waals surface area contributed by atoms with Crippen LogP contribution in [0.25, 0.3) is 0 Å². The number of rotatable bonds is 6. The van der Waals surface area contributed by atoms with E-state index in [0.717, 1.165) is 11.3 Å². The van der Waals surface area contributed by atoms with E-state index in [-0.39, 0.29) is 18.5 Å². The molecule has 0 spiro atoms. The van der Waals surface area contributed by atoms with E-state index < -0.39 is 11.9 Å². The zero-order valence-corrected chi connectivity index (χ0v) is 12.0.